The van der Waals surface area contributed by atoms with Crippen LogP contribution in [-0.2, 0) is 0 Å². The van der Waals surface area contributed by atoms with E-state index >= 15 is 0 Å². The normalized spacial score (nSPS) is 14.1. The van der Waals surface area contributed by atoms with Crippen LogP contribution in [0.25, 0.3) is 0 Å². The standard InChI is InChI=1S/C8H7BrF3NO/c9-4-1-2-5(6(13)3-4)7(14)8(10,11)12/h1-3,7,14H,13H2. The van der Waals surface area contributed by atoms with Crippen LogP contribution in [0.5, 0.6) is 0 Å². The van der Waals surface area contributed by atoms with E-state index in [4.69, 9.17) is 10.8 Å². The van der Waals surface area contributed by atoms with Crippen LogP contribution < -0.4 is 5.73 Å². The largest absolute Gasteiger partial charge is 0.418 e. The number of aliphatic hydroxyl groups excluding tert-OH is 1. The second kappa shape index (κ2) is 3.78. The second-order valence-electron chi connectivity index (χ2n) is 2.72. The molecule has 0 bridgehead atoms. The Morgan fingerprint density at radius 3 is 2.36 bits per heavy atom. The molecule has 3 N–H and O–H groups in total. The van der Waals surface area contributed by atoms with Gasteiger partial charge in [0, 0.05) is 15.7 Å². The highest BCUT2D eigenvalue weighted by molar-refractivity contribution is 9.10. The van der Waals surface area contributed by atoms with Gasteiger partial charge >= 0.3 is 6.18 Å². The summed E-state index contributed by atoms with van der Waals surface area (Å²) in [5.74, 6) is 0. The number of alkyl halides is 3. The Morgan fingerprint density at radius 2 is 1.93 bits per heavy atom. The third-order valence-corrected chi connectivity index (χ3v) is 2.15. The quantitative estimate of drug-likeness (QED) is 0.770. The van der Waals surface area contributed by atoms with E-state index in [2.05, 4.69) is 15.9 Å². The first-order chi connectivity index (χ1) is 6.32. The van der Waals surface area contributed by atoms with Crippen molar-refractivity contribution in [3.63, 3.8) is 0 Å². The van der Waals surface area contributed by atoms with Crippen molar-refractivity contribution in [2.45, 2.75) is 12.3 Å². The summed E-state index contributed by atoms with van der Waals surface area (Å²) in [5, 5.41) is 8.91. The molecule has 1 unspecified atom stereocenters. The number of halogens is 4. The van der Waals surface area contributed by atoms with Crippen molar-refractivity contribution in [2.75, 3.05) is 5.73 Å². The predicted molar refractivity (Wildman–Crippen MR) is 49.6 cm³/mol. The molecule has 0 heterocycles. The molecule has 0 amide bonds. The van der Waals surface area contributed by atoms with E-state index < -0.39 is 12.3 Å². The maximum Gasteiger partial charge on any atom is 0.418 e. The van der Waals surface area contributed by atoms with Crippen LogP contribution in [0.15, 0.2) is 22.7 Å². The van der Waals surface area contributed by atoms with Crippen LogP contribution in [-0.4, -0.2) is 11.3 Å². The lowest BCUT2D eigenvalue weighted by atomic mass is 10.1. The summed E-state index contributed by atoms with van der Waals surface area (Å²) in [7, 11) is 0. The fourth-order valence-corrected chi connectivity index (χ4v) is 1.35. The van der Waals surface area contributed by atoms with E-state index in [-0.39, 0.29) is 11.3 Å². The molecule has 2 nitrogen and oxygen atoms in total. The summed E-state index contributed by atoms with van der Waals surface area (Å²) in [4.78, 5) is 0. The van der Waals surface area contributed by atoms with Crippen molar-refractivity contribution in [3.05, 3.63) is 28.2 Å². The fourth-order valence-electron chi connectivity index (χ4n) is 0.971. The van der Waals surface area contributed by atoms with Crippen molar-refractivity contribution in [3.8, 4) is 0 Å². The Hall–Kier alpha value is -0.750. The molecule has 0 saturated carbocycles. The number of nitrogen functional groups attached to an aromatic ring is 1. The van der Waals surface area contributed by atoms with E-state index in [1.807, 2.05) is 0 Å². The summed E-state index contributed by atoms with van der Waals surface area (Å²) in [5.41, 5.74) is 4.90. The van der Waals surface area contributed by atoms with Crippen molar-refractivity contribution in [1.82, 2.24) is 0 Å². The Labute approximate surface area is 86.7 Å². The molecule has 1 atom stereocenters. The number of nitrogens with two attached hydrogens (primary N) is 1. The topological polar surface area (TPSA) is 46.2 Å². The average molecular weight is 270 g/mol. The highest BCUT2D eigenvalue weighted by Gasteiger charge is 2.40. The van der Waals surface area contributed by atoms with Crippen LogP contribution in [0.1, 0.15) is 11.7 Å². The van der Waals surface area contributed by atoms with Gasteiger partial charge in [-0.2, -0.15) is 13.2 Å². The maximum atomic E-state index is 12.1. The van der Waals surface area contributed by atoms with Crippen molar-refractivity contribution in [1.29, 1.82) is 0 Å². The number of hydrogen-bond acceptors (Lipinski definition) is 2. The minimum Gasteiger partial charge on any atom is -0.398 e. The van der Waals surface area contributed by atoms with Gasteiger partial charge in [-0.15, -0.1) is 0 Å². The van der Waals surface area contributed by atoms with Gasteiger partial charge in [0.1, 0.15) is 0 Å². The molecule has 1 rings (SSSR count). The molecule has 0 radical (unpaired) electrons. The highest BCUT2D eigenvalue weighted by atomic mass is 79.9. The van der Waals surface area contributed by atoms with Crippen molar-refractivity contribution in [2.24, 2.45) is 0 Å². The zero-order chi connectivity index (χ0) is 10.9. The summed E-state index contributed by atoms with van der Waals surface area (Å²) >= 11 is 3.05. The zero-order valence-corrected chi connectivity index (χ0v) is 8.43. The molecular weight excluding hydrogens is 263 g/mol. The minimum absolute atomic E-state index is 0.0933. The molecule has 0 aliphatic rings. The van der Waals surface area contributed by atoms with Gasteiger partial charge in [-0.3, -0.25) is 0 Å². The van der Waals surface area contributed by atoms with Gasteiger partial charge in [-0.1, -0.05) is 22.0 Å². The lowest BCUT2D eigenvalue weighted by Crippen LogP contribution is -2.21. The second-order valence-corrected chi connectivity index (χ2v) is 3.63. The van der Waals surface area contributed by atoms with Gasteiger partial charge in [-0.05, 0) is 12.1 Å². The fraction of sp³-hybridized carbons (Fsp3) is 0.250. The molecule has 1 aromatic carbocycles. The predicted octanol–water partition coefficient (Wildman–Crippen LogP) is 2.63. The van der Waals surface area contributed by atoms with Gasteiger partial charge < -0.3 is 10.8 Å². The molecule has 0 spiro atoms. The number of anilines is 1. The van der Waals surface area contributed by atoms with Gasteiger partial charge in [0.2, 0.25) is 0 Å². The van der Waals surface area contributed by atoms with Crippen LogP contribution in [0, 0.1) is 0 Å². The van der Waals surface area contributed by atoms with E-state index in [1.54, 1.807) is 0 Å². The SMILES string of the molecule is Nc1cc(Br)ccc1C(O)C(F)(F)F. The summed E-state index contributed by atoms with van der Waals surface area (Å²) in [6.07, 6.45) is -7.22. The molecule has 6 heteroatoms. The molecular formula is C8H7BrF3NO. The summed E-state index contributed by atoms with van der Waals surface area (Å²) in [6.45, 7) is 0. The Balaban J connectivity index is 3.08. The summed E-state index contributed by atoms with van der Waals surface area (Å²) < 4.78 is 36.9. The van der Waals surface area contributed by atoms with Crippen LogP contribution in [0.3, 0.4) is 0 Å². The van der Waals surface area contributed by atoms with Gasteiger partial charge in [-0.25, -0.2) is 0 Å². The molecule has 0 aliphatic heterocycles. The number of benzene rings is 1. The molecule has 78 valence electrons. The molecule has 0 saturated heterocycles. The van der Waals surface area contributed by atoms with Crippen LogP contribution >= 0.6 is 15.9 Å². The maximum absolute atomic E-state index is 12.1. The van der Waals surface area contributed by atoms with Crippen molar-refractivity contribution >= 4 is 21.6 Å². The number of hydrogen-bond donors (Lipinski definition) is 2. The highest BCUT2D eigenvalue weighted by Crippen LogP contribution is 2.35. The summed E-state index contributed by atoms with van der Waals surface area (Å²) in [6, 6.07) is 3.84. The van der Waals surface area contributed by atoms with Gasteiger partial charge in [0.15, 0.2) is 6.10 Å². The minimum atomic E-state index is -4.69. The van der Waals surface area contributed by atoms with E-state index in [1.165, 1.54) is 12.1 Å². The van der Waals surface area contributed by atoms with E-state index in [0.29, 0.717) is 4.47 Å². The van der Waals surface area contributed by atoms with Crippen LogP contribution in [0.4, 0.5) is 18.9 Å². The lowest BCUT2D eigenvalue weighted by Gasteiger charge is -2.16. The zero-order valence-electron chi connectivity index (χ0n) is 6.85. The molecule has 0 fully saturated rings. The first kappa shape index (κ1) is 11.3. The van der Waals surface area contributed by atoms with Crippen molar-refractivity contribution < 1.29 is 18.3 Å². The Bertz CT molecular complexity index is 340. The van der Waals surface area contributed by atoms with Crippen LogP contribution in [0.2, 0.25) is 0 Å². The molecule has 0 aliphatic carbocycles. The Morgan fingerprint density at radius 1 is 1.36 bits per heavy atom. The molecule has 14 heavy (non-hydrogen) atoms. The number of aliphatic hydroxyl groups is 1. The monoisotopic (exact) mass is 269 g/mol. The lowest BCUT2D eigenvalue weighted by molar-refractivity contribution is -0.206. The Kier molecular flexibility index (Phi) is 3.06. The molecule has 1 aromatic rings. The van der Waals surface area contributed by atoms with Gasteiger partial charge in [0.05, 0.1) is 0 Å². The molecule has 0 aromatic heterocycles. The third-order valence-electron chi connectivity index (χ3n) is 1.65. The van der Waals surface area contributed by atoms with E-state index in [0.717, 1.165) is 6.07 Å². The van der Waals surface area contributed by atoms with Gasteiger partial charge in [0.25, 0.3) is 0 Å². The first-order valence-corrected chi connectivity index (χ1v) is 4.41. The first-order valence-electron chi connectivity index (χ1n) is 3.62. The smallest absolute Gasteiger partial charge is 0.398 e. The average Bonchev–Trinajstić information content (AvgIpc) is 2.01. The third kappa shape index (κ3) is 2.39. The number of rotatable bonds is 1. The van der Waals surface area contributed by atoms with E-state index in [9.17, 15) is 13.2 Å².